The van der Waals surface area contributed by atoms with Gasteiger partial charge in [0.2, 0.25) is 0 Å². The standard InChI is InChI=1S/C21H30N6O4/c1-5-7-8-9-10-12-25-17(22)13-18(26-12)27(11-24-13)20-16-14(30-21(3,4)31-16)15(29-20)19(28)23-6-2/h9-11,14-16,20H,5-8H2,1-4H3,(H,23,28)(H2,22,25,26)/b10-9+/t14-,15+,16-,20-/m1/s1. The van der Waals surface area contributed by atoms with Gasteiger partial charge >= 0.3 is 0 Å². The Morgan fingerprint density at radius 2 is 2.06 bits per heavy atom. The fourth-order valence-corrected chi connectivity index (χ4v) is 4.01. The SMILES string of the molecule is CCCC/C=C/c1nc(N)c2ncn([C@@H]3O[C@H](C(=O)NCC)[C@H]4OC(C)(C)O[C@H]43)c2n1. The van der Waals surface area contributed by atoms with Gasteiger partial charge in [-0.25, -0.2) is 15.0 Å². The number of hydrogen-bond acceptors (Lipinski definition) is 8. The highest BCUT2D eigenvalue weighted by Gasteiger charge is 2.58. The number of likely N-dealkylation sites (N-methyl/N-ethyl adjacent to an activating group) is 1. The van der Waals surface area contributed by atoms with Gasteiger partial charge in [0.1, 0.15) is 17.7 Å². The van der Waals surface area contributed by atoms with E-state index in [-0.39, 0.29) is 11.7 Å². The highest BCUT2D eigenvalue weighted by atomic mass is 16.8. The fraction of sp³-hybridized carbons (Fsp3) is 0.619. The van der Waals surface area contributed by atoms with Crippen LogP contribution in [0.5, 0.6) is 0 Å². The van der Waals surface area contributed by atoms with Gasteiger partial charge < -0.3 is 25.3 Å². The number of carbonyl (C=O) groups excluding carboxylic acids is 1. The Hall–Kier alpha value is -2.56. The van der Waals surface area contributed by atoms with Gasteiger partial charge in [-0.1, -0.05) is 25.8 Å². The molecule has 0 aromatic carbocycles. The summed E-state index contributed by atoms with van der Waals surface area (Å²) in [6.07, 6.45) is 6.16. The highest BCUT2D eigenvalue weighted by molar-refractivity contribution is 5.83. The first-order chi connectivity index (χ1) is 14.8. The Kier molecular flexibility index (Phi) is 5.96. The van der Waals surface area contributed by atoms with Crippen molar-refractivity contribution in [2.24, 2.45) is 0 Å². The predicted octanol–water partition coefficient (Wildman–Crippen LogP) is 2.17. The van der Waals surface area contributed by atoms with Crippen LogP contribution in [0.1, 0.15) is 59.0 Å². The molecule has 0 saturated carbocycles. The third-order valence-corrected chi connectivity index (χ3v) is 5.37. The van der Waals surface area contributed by atoms with E-state index in [1.807, 2.05) is 32.9 Å². The van der Waals surface area contributed by atoms with Crippen molar-refractivity contribution in [3.8, 4) is 0 Å². The zero-order valence-corrected chi connectivity index (χ0v) is 18.4. The van der Waals surface area contributed by atoms with E-state index < -0.39 is 30.3 Å². The van der Waals surface area contributed by atoms with Crippen molar-refractivity contribution < 1.29 is 19.0 Å². The Labute approximate surface area is 181 Å². The number of ether oxygens (including phenoxy) is 3. The second-order valence-electron chi connectivity index (χ2n) is 8.24. The highest BCUT2D eigenvalue weighted by Crippen LogP contribution is 2.43. The molecule has 10 heteroatoms. The van der Waals surface area contributed by atoms with Crippen LogP contribution >= 0.6 is 0 Å². The summed E-state index contributed by atoms with van der Waals surface area (Å²) in [5, 5.41) is 2.80. The third-order valence-electron chi connectivity index (χ3n) is 5.37. The lowest BCUT2D eigenvalue weighted by Gasteiger charge is -2.24. The predicted molar refractivity (Wildman–Crippen MR) is 115 cm³/mol. The average Bonchev–Trinajstić information content (AvgIpc) is 3.36. The molecule has 1 amide bonds. The van der Waals surface area contributed by atoms with Crippen LogP contribution in [0.4, 0.5) is 5.82 Å². The maximum absolute atomic E-state index is 12.6. The summed E-state index contributed by atoms with van der Waals surface area (Å²) < 4.78 is 20.0. The largest absolute Gasteiger partial charge is 0.382 e. The normalized spacial score (nSPS) is 27.2. The molecule has 4 heterocycles. The number of unbranched alkanes of at least 4 members (excludes halogenated alkanes) is 2. The average molecular weight is 431 g/mol. The Bertz CT molecular complexity index is 988. The van der Waals surface area contributed by atoms with Crippen LogP contribution in [-0.4, -0.2) is 56.1 Å². The maximum atomic E-state index is 12.6. The molecule has 4 rings (SSSR count). The van der Waals surface area contributed by atoms with Gasteiger partial charge in [-0.15, -0.1) is 0 Å². The smallest absolute Gasteiger partial charge is 0.252 e. The molecule has 2 fully saturated rings. The molecule has 10 nitrogen and oxygen atoms in total. The molecule has 2 aromatic rings. The molecule has 0 radical (unpaired) electrons. The van der Waals surface area contributed by atoms with Crippen molar-refractivity contribution in [2.45, 2.75) is 77.3 Å². The number of rotatable bonds is 7. The number of aromatic nitrogens is 4. The van der Waals surface area contributed by atoms with E-state index in [1.54, 1.807) is 10.9 Å². The number of anilines is 1. The number of carbonyl (C=O) groups is 1. The van der Waals surface area contributed by atoms with Gasteiger partial charge in [-0.3, -0.25) is 9.36 Å². The molecule has 3 N–H and O–H groups in total. The van der Waals surface area contributed by atoms with Gasteiger partial charge in [0.25, 0.3) is 5.91 Å². The van der Waals surface area contributed by atoms with E-state index in [1.165, 1.54) is 0 Å². The van der Waals surface area contributed by atoms with Gasteiger partial charge in [0.05, 0.1) is 6.33 Å². The first kappa shape index (κ1) is 21.7. The minimum absolute atomic E-state index is 0.237. The van der Waals surface area contributed by atoms with E-state index in [9.17, 15) is 4.79 Å². The number of nitrogens with two attached hydrogens (primary N) is 1. The van der Waals surface area contributed by atoms with Crippen molar-refractivity contribution in [3.63, 3.8) is 0 Å². The van der Waals surface area contributed by atoms with E-state index in [0.717, 1.165) is 19.3 Å². The fourth-order valence-electron chi connectivity index (χ4n) is 4.01. The number of imidazole rings is 1. The Morgan fingerprint density at radius 1 is 1.29 bits per heavy atom. The summed E-state index contributed by atoms with van der Waals surface area (Å²) >= 11 is 0. The zero-order valence-electron chi connectivity index (χ0n) is 18.4. The van der Waals surface area contributed by atoms with Crippen LogP contribution < -0.4 is 11.1 Å². The molecule has 168 valence electrons. The summed E-state index contributed by atoms with van der Waals surface area (Å²) in [7, 11) is 0. The molecule has 2 aliphatic heterocycles. The van der Waals surface area contributed by atoms with E-state index in [0.29, 0.717) is 23.5 Å². The zero-order chi connectivity index (χ0) is 22.2. The summed E-state index contributed by atoms with van der Waals surface area (Å²) in [5.74, 6) is -0.279. The first-order valence-electron chi connectivity index (χ1n) is 10.8. The quantitative estimate of drug-likeness (QED) is 0.640. The Morgan fingerprint density at radius 3 is 2.81 bits per heavy atom. The van der Waals surface area contributed by atoms with Crippen LogP contribution in [0, 0.1) is 0 Å². The van der Waals surface area contributed by atoms with Crippen molar-refractivity contribution in [1.82, 2.24) is 24.8 Å². The van der Waals surface area contributed by atoms with Crippen molar-refractivity contribution in [3.05, 3.63) is 18.2 Å². The molecular formula is C21H30N6O4. The number of amides is 1. The molecule has 0 unspecified atom stereocenters. The molecule has 2 aromatic heterocycles. The van der Waals surface area contributed by atoms with Crippen molar-refractivity contribution in [1.29, 1.82) is 0 Å². The third kappa shape index (κ3) is 4.15. The first-order valence-corrected chi connectivity index (χ1v) is 10.8. The topological polar surface area (TPSA) is 126 Å². The molecule has 0 aliphatic carbocycles. The molecule has 2 saturated heterocycles. The summed E-state index contributed by atoms with van der Waals surface area (Å²) in [6.45, 7) is 8.14. The van der Waals surface area contributed by atoms with Crippen molar-refractivity contribution >= 4 is 29.0 Å². The number of allylic oxidation sites excluding steroid dienone is 1. The van der Waals surface area contributed by atoms with Crippen molar-refractivity contribution in [2.75, 3.05) is 12.3 Å². The number of nitrogens with one attached hydrogen (secondary N) is 1. The lowest BCUT2D eigenvalue weighted by molar-refractivity contribution is -0.197. The summed E-state index contributed by atoms with van der Waals surface area (Å²) in [5.41, 5.74) is 7.14. The lowest BCUT2D eigenvalue weighted by atomic mass is 10.1. The van der Waals surface area contributed by atoms with Crippen LogP contribution in [0.25, 0.3) is 17.2 Å². The van der Waals surface area contributed by atoms with Crippen LogP contribution in [0.15, 0.2) is 12.4 Å². The molecule has 4 atom stereocenters. The number of fused-ring (bicyclic) bond motifs is 2. The van der Waals surface area contributed by atoms with Gasteiger partial charge in [-0.2, -0.15) is 0 Å². The Balaban J connectivity index is 1.69. The van der Waals surface area contributed by atoms with Crippen LogP contribution in [0.2, 0.25) is 0 Å². The summed E-state index contributed by atoms with van der Waals surface area (Å²) in [6, 6.07) is 0. The molecule has 0 bridgehead atoms. The minimum atomic E-state index is -0.834. The molecular weight excluding hydrogens is 400 g/mol. The molecule has 0 spiro atoms. The number of nitrogens with zero attached hydrogens (tertiary/aromatic N) is 4. The van der Waals surface area contributed by atoms with Gasteiger partial charge in [0, 0.05) is 6.54 Å². The van der Waals surface area contributed by atoms with Gasteiger partial charge in [-0.05, 0) is 33.3 Å². The maximum Gasteiger partial charge on any atom is 0.252 e. The second-order valence-corrected chi connectivity index (χ2v) is 8.24. The van der Waals surface area contributed by atoms with Crippen LogP contribution in [0.3, 0.4) is 0 Å². The monoisotopic (exact) mass is 430 g/mol. The van der Waals surface area contributed by atoms with Crippen LogP contribution in [-0.2, 0) is 19.0 Å². The number of hydrogen-bond donors (Lipinski definition) is 2. The number of nitrogen functional groups attached to an aromatic ring is 1. The van der Waals surface area contributed by atoms with E-state index in [4.69, 9.17) is 19.9 Å². The second kappa shape index (κ2) is 8.52. The van der Waals surface area contributed by atoms with Gasteiger partial charge in [0.15, 0.2) is 35.4 Å². The molecule has 2 aliphatic rings. The lowest BCUT2D eigenvalue weighted by Crippen LogP contribution is -2.42. The minimum Gasteiger partial charge on any atom is -0.382 e. The molecule has 31 heavy (non-hydrogen) atoms. The van der Waals surface area contributed by atoms with E-state index in [2.05, 4.69) is 27.2 Å². The van der Waals surface area contributed by atoms with E-state index >= 15 is 0 Å². The summed E-state index contributed by atoms with van der Waals surface area (Å²) in [4.78, 5) is 26.0.